The van der Waals surface area contributed by atoms with Crippen LogP contribution in [0.1, 0.15) is 30.1 Å². The second-order valence-corrected chi connectivity index (χ2v) is 5.22. The van der Waals surface area contributed by atoms with Crippen molar-refractivity contribution >= 4 is 11.8 Å². The zero-order valence-electron chi connectivity index (χ0n) is 12.4. The van der Waals surface area contributed by atoms with Crippen molar-refractivity contribution in [2.75, 3.05) is 26.2 Å². The van der Waals surface area contributed by atoms with Crippen molar-refractivity contribution in [3.8, 4) is 0 Å². The molecular formula is C16H22N2O3. The van der Waals surface area contributed by atoms with Crippen LogP contribution >= 0.6 is 0 Å². The number of benzene rings is 1. The normalized spacial score (nSPS) is 17.5. The summed E-state index contributed by atoms with van der Waals surface area (Å²) in [6, 6.07) is 9.06. The molecule has 1 aliphatic rings. The number of nitrogens with zero attached hydrogens (tertiary/aromatic N) is 1. The summed E-state index contributed by atoms with van der Waals surface area (Å²) in [4.78, 5) is 25.3. The second kappa shape index (κ2) is 7.78. The van der Waals surface area contributed by atoms with E-state index in [0.717, 1.165) is 19.4 Å². The summed E-state index contributed by atoms with van der Waals surface area (Å²) in [6.07, 6.45) is 2.19. The number of rotatable bonds is 6. The standard InChI is InChI=1S/C16H22N2O3/c1-13(19)18(12-15-8-5-11-21-15)10-9-17-16(20)14-6-3-2-4-7-14/h2-4,6-7,15H,5,8-12H2,1H3,(H,17,20). The Kier molecular flexibility index (Phi) is 5.75. The number of nitrogens with one attached hydrogen (secondary N) is 1. The van der Waals surface area contributed by atoms with Gasteiger partial charge in [0.1, 0.15) is 0 Å². The number of carbonyl (C=O) groups is 2. The molecule has 1 atom stereocenters. The van der Waals surface area contributed by atoms with Gasteiger partial charge in [0.25, 0.3) is 5.91 Å². The van der Waals surface area contributed by atoms with Gasteiger partial charge < -0.3 is 15.0 Å². The maximum Gasteiger partial charge on any atom is 0.251 e. The molecule has 1 fully saturated rings. The van der Waals surface area contributed by atoms with Gasteiger partial charge in [-0.15, -0.1) is 0 Å². The first-order valence-corrected chi connectivity index (χ1v) is 7.37. The molecule has 1 unspecified atom stereocenters. The van der Waals surface area contributed by atoms with Gasteiger partial charge in [-0.1, -0.05) is 18.2 Å². The van der Waals surface area contributed by atoms with E-state index in [1.165, 1.54) is 0 Å². The lowest BCUT2D eigenvalue weighted by atomic mass is 10.2. The molecule has 2 rings (SSSR count). The van der Waals surface area contributed by atoms with Crippen LogP contribution in [-0.4, -0.2) is 49.1 Å². The van der Waals surface area contributed by atoms with E-state index in [1.807, 2.05) is 18.2 Å². The lowest BCUT2D eigenvalue weighted by molar-refractivity contribution is -0.130. The quantitative estimate of drug-likeness (QED) is 0.862. The molecule has 1 aromatic rings. The average Bonchev–Trinajstić information content (AvgIpc) is 3.00. The van der Waals surface area contributed by atoms with E-state index >= 15 is 0 Å². The average molecular weight is 290 g/mol. The number of hydrogen-bond donors (Lipinski definition) is 1. The van der Waals surface area contributed by atoms with Crippen LogP contribution in [0.3, 0.4) is 0 Å². The van der Waals surface area contributed by atoms with Crippen LogP contribution in [0.4, 0.5) is 0 Å². The third kappa shape index (κ3) is 4.86. The summed E-state index contributed by atoms with van der Waals surface area (Å²) in [5.74, 6) is -0.101. The van der Waals surface area contributed by atoms with Crippen molar-refractivity contribution in [2.24, 2.45) is 0 Å². The smallest absolute Gasteiger partial charge is 0.251 e. The van der Waals surface area contributed by atoms with Crippen molar-refractivity contribution in [1.29, 1.82) is 0 Å². The van der Waals surface area contributed by atoms with Crippen molar-refractivity contribution in [2.45, 2.75) is 25.9 Å². The topological polar surface area (TPSA) is 58.6 Å². The minimum atomic E-state index is -0.115. The number of ether oxygens (including phenoxy) is 1. The molecule has 1 saturated heterocycles. The maximum absolute atomic E-state index is 11.9. The number of hydrogen-bond acceptors (Lipinski definition) is 3. The largest absolute Gasteiger partial charge is 0.376 e. The summed E-state index contributed by atoms with van der Waals surface area (Å²) < 4.78 is 5.55. The molecule has 5 nitrogen and oxygen atoms in total. The molecule has 0 aliphatic carbocycles. The highest BCUT2D eigenvalue weighted by molar-refractivity contribution is 5.94. The zero-order valence-corrected chi connectivity index (χ0v) is 12.4. The van der Waals surface area contributed by atoms with Crippen molar-refractivity contribution in [1.82, 2.24) is 10.2 Å². The van der Waals surface area contributed by atoms with Crippen LogP contribution < -0.4 is 5.32 Å². The van der Waals surface area contributed by atoms with E-state index in [1.54, 1.807) is 24.0 Å². The first-order valence-electron chi connectivity index (χ1n) is 7.37. The van der Waals surface area contributed by atoms with Gasteiger partial charge >= 0.3 is 0 Å². The molecule has 0 bridgehead atoms. The highest BCUT2D eigenvalue weighted by atomic mass is 16.5. The summed E-state index contributed by atoms with van der Waals surface area (Å²) in [6.45, 7) is 3.89. The van der Waals surface area contributed by atoms with Gasteiger partial charge in [0.05, 0.1) is 6.10 Å². The van der Waals surface area contributed by atoms with Gasteiger partial charge in [-0.05, 0) is 25.0 Å². The fourth-order valence-electron chi connectivity index (χ4n) is 2.41. The van der Waals surface area contributed by atoms with E-state index in [9.17, 15) is 9.59 Å². The van der Waals surface area contributed by atoms with E-state index < -0.39 is 0 Å². The van der Waals surface area contributed by atoms with Gasteiger partial charge in [0.2, 0.25) is 5.91 Å². The molecule has 1 aliphatic heterocycles. The number of carbonyl (C=O) groups excluding carboxylic acids is 2. The maximum atomic E-state index is 11.9. The molecular weight excluding hydrogens is 268 g/mol. The fourth-order valence-corrected chi connectivity index (χ4v) is 2.41. The first kappa shape index (κ1) is 15.5. The summed E-state index contributed by atoms with van der Waals surface area (Å²) in [5, 5.41) is 2.84. The van der Waals surface area contributed by atoms with Gasteiger partial charge in [-0.25, -0.2) is 0 Å². The molecule has 5 heteroatoms. The van der Waals surface area contributed by atoms with Crippen LogP contribution in [-0.2, 0) is 9.53 Å². The van der Waals surface area contributed by atoms with Gasteiger partial charge in [-0.3, -0.25) is 9.59 Å². The summed E-state index contributed by atoms with van der Waals surface area (Å²) in [7, 11) is 0. The molecule has 0 aromatic heterocycles. The van der Waals surface area contributed by atoms with E-state index in [0.29, 0.717) is 25.2 Å². The predicted molar refractivity (Wildman–Crippen MR) is 80.0 cm³/mol. The molecule has 1 aromatic carbocycles. The minimum absolute atomic E-state index is 0.0134. The lowest BCUT2D eigenvalue weighted by Gasteiger charge is -2.24. The van der Waals surface area contributed by atoms with Crippen LogP contribution in [0, 0.1) is 0 Å². The third-order valence-electron chi connectivity index (χ3n) is 3.60. The Labute approximate surface area is 125 Å². The molecule has 1 N–H and O–H groups in total. The molecule has 0 spiro atoms. The Morgan fingerprint density at radius 3 is 2.71 bits per heavy atom. The zero-order chi connectivity index (χ0) is 15.1. The van der Waals surface area contributed by atoms with Crippen molar-refractivity contribution < 1.29 is 14.3 Å². The van der Waals surface area contributed by atoms with Gasteiger partial charge in [0.15, 0.2) is 0 Å². The number of amides is 2. The minimum Gasteiger partial charge on any atom is -0.376 e. The molecule has 2 amide bonds. The molecule has 0 radical (unpaired) electrons. The van der Waals surface area contributed by atoms with E-state index in [-0.39, 0.29) is 17.9 Å². The van der Waals surface area contributed by atoms with Crippen molar-refractivity contribution in [3.05, 3.63) is 35.9 Å². The lowest BCUT2D eigenvalue weighted by Crippen LogP contribution is -2.41. The SMILES string of the molecule is CC(=O)N(CCNC(=O)c1ccccc1)CC1CCCO1. The Bertz CT molecular complexity index is 470. The van der Waals surface area contributed by atoms with E-state index in [4.69, 9.17) is 4.74 Å². The third-order valence-corrected chi connectivity index (χ3v) is 3.60. The Morgan fingerprint density at radius 2 is 2.10 bits per heavy atom. The molecule has 1 heterocycles. The Hall–Kier alpha value is -1.88. The van der Waals surface area contributed by atoms with Crippen LogP contribution in [0.15, 0.2) is 30.3 Å². The summed E-state index contributed by atoms with van der Waals surface area (Å²) >= 11 is 0. The van der Waals surface area contributed by atoms with E-state index in [2.05, 4.69) is 5.32 Å². The first-order chi connectivity index (χ1) is 10.2. The Balaban J connectivity index is 1.76. The van der Waals surface area contributed by atoms with Crippen LogP contribution in [0.25, 0.3) is 0 Å². The Morgan fingerprint density at radius 1 is 1.33 bits per heavy atom. The van der Waals surface area contributed by atoms with Crippen LogP contribution in [0.2, 0.25) is 0 Å². The van der Waals surface area contributed by atoms with Gasteiger partial charge in [-0.2, -0.15) is 0 Å². The molecule has 21 heavy (non-hydrogen) atoms. The predicted octanol–water partition coefficient (Wildman–Crippen LogP) is 1.44. The monoisotopic (exact) mass is 290 g/mol. The fraction of sp³-hybridized carbons (Fsp3) is 0.500. The van der Waals surface area contributed by atoms with Crippen LogP contribution in [0.5, 0.6) is 0 Å². The van der Waals surface area contributed by atoms with Gasteiger partial charge in [0, 0.05) is 38.7 Å². The highest BCUT2D eigenvalue weighted by Crippen LogP contribution is 2.13. The van der Waals surface area contributed by atoms with Crippen molar-refractivity contribution in [3.63, 3.8) is 0 Å². The molecule has 0 saturated carbocycles. The molecule has 114 valence electrons. The highest BCUT2D eigenvalue weighted by Gasteiger charge is 2.20. The summed E-state index contributed by atoms with van der Waals surface area (Å²) in [5.41, 5.74) is 0.631. The second-order valence-electron chi connectivity index (χ2n) is 5.22.